The number of hydrogen-bond acceptors (Lipinski definition) is 3. The van der Waals surface area contributed by atoms with Crippen LogP contribution in [0.5, 0.6) is 5.75 Å². The second-order valence-corrected chi connectivity index (χ2v) is 5.24. The number of thioether (sulfide) groups is 1. The van der Waals surface area contributed by atoms with Gasteiger partial charge >= 0.3 is 0 Å². The van der Waals surface area contributed by atoms with Crippen molar-refractivity contribution in [3.8, 4) is 11.2 Å². The molecule has 0 radical (unpaired) electrons. The number of rotatable bonds is 7. The van der Waals surface area contributed by atoms with Gasteiger partial charge in [-0.2, -0.15) is 5.26 Å². The summed E-state index contributed by atoms with van der Waals surface area (Å²) in [6.07, 6.45) is 2.01. The van der Waals surface area contributed by atoms with Gasteiger partial charge in [0.25, 0.3) is 0 Å². The quantitative estimate of drug-likeness (QED) is 0.696. The molecule has 1 aromatic rings. The van der Waals surface area contributed by atoms with E-state index in [0.29, 0.717) is 12.5 Å². The Bertz CT molecular complexity index is 411. The highest BCUT2D eigenvalue weighted by Crippen LogP contribution is 2.24. The molecule has 0 spiro atoms. The number of nitriles is 1. The molecule has 0 aliphatic heterocycles. The van der Waals surface area contributed by atoms with Crippen molar-refractivity contribution in [2.24, 2.45) is 5.92 Å². The number of hydrogen-bond donors (Lipinski definition) is 0. The first kappa shape index (κ1) is 14.9. The van der Waals surface area contributed by atoms with E-state index >= 15 is 0 Å². The molecule has 0 saturated carbocycles. The molecule has 2 nitrogen and oxygen atoms in total. The Hall–Kier alpha value is -1.14. The van der Waals surface area contributed by atoms with E-state index in [1.807, 2.05) is 6.92 Å². The molecular weight excluding hydrogens is 242 g/mol. The Balaban J connectivity index is 2.79. The average molecular weight is 263 g/mol. The number of thiocyanates is 1. The van der Waals surface area contributed by atoms with Crippen molar-refractivity contribution in [2.75, 3.05) is 12.4 Å². The molecule has 1 unspecified atom stereocenters. The molecule has 1 aromatic carbocycles. The van der Waals surface area contributed by atoms with Crippen LogP contribution in [-0.2, 0) is 12.8 Å². The van der Waals surface area contributed by atoms with Gasteiger partial charge in [-0.15, -0.1) is 0 Å². The fraction of sp³-hybridized carbons (Fsp3) is 0.533. The normalized spacial score (nSPS) is 11.9. The van der Waals surface area contributed by atoms with Gasteiger partial charge in [-0.05, 0) is 54.6 Å². The van der Waals surface area contributed by atoms with Crippen LogP contribution < -0.4 is 4.74 Å². The minimum Gasteiger partial charge on any atom is -0.494 e. The molecule has 0 aliphatic carbocycles. The lowest BCUT2D eigenvalue weighted by molar-refractivity contribution is 0.335. The highest BCUT2D eigenvalue weighted by molar-refractivity contribution is 8.03. The second-order valence-electron chi connectivity index (χ2n) is 4.44. The van der Waals surface area contributed by atoms with Gasteiger partial charge in [-0.25, -0.2) is 0 Å². The monoisotopic (exact) mass is 263 g/mol. The Morgan fingerprint density at radius 3 is 2.78 bits per heavy atom. The summed E-state index contributed by atoms with van der Waals surface area (Å²) in [5, 5.41) is 10.7. The van der Waals surface area contributed by atoms with Gasteiger partial charge in [0.15, 0.2) is 0 Å². The van der Waals surface area contributed by atoms with Crippen LogP contribution in [0.15, 0.2) is 18.2 Å². The first-order chi connectivity index (χ1) is 8.71. The Labute approximate surface area is 114 Å². The van der Waals surface area contributed by atoms with Gasteiger partial charge in [0.2, 0.25) is 0 Å². The van der Waals surface area contributed by atoms with E-state index in [0.717, 1.165) is 24.3 Å². The maximum absolute atomic E-state index is 8.59. The molecule has 3 heteroatoms. The van der Waals surface area contributed by atoms with E-state index in [1.54, 1.807) is 0 Å². The topological polar surface area (TPSA) is 33.0 Å². The molecule has 0 bridgehead atoms. The molecule has 0 aliphatic rings. The molecule has 1 atom stereocenters. The summed E-state index contributed by atoms with van der Waals surface area (Å²) in [6, 6.07) is 6.43. The Morgan fingerprint density at radius 1 is 1.39 bits per heavy atom. The molecule has 18 heavy (non-hydrogen) atoms. The molecule has 0 aromatic heterocycles. The third-order valence-corrected chi connectivity index (χ3v) is 3.70. The lowest BCUT2D eigenvalue weighted by atomic mass is 9.99. The predicted molar refractivity (Wildman–Crippen MR) is 77.9 cm³/mol. The molecule has 0 saturated heterocycles. The van der Waals surface area contributed by atoms with Crippen molar-refractivity contribution in [1.29, 1.82) is 5.26 Å². The summed E-state index contributed by atoms with van der Waals surface area (Å²) >= 11 is 1.33. The first-order valence-corrected chi connectivity index (χ1v) is 7.45. The van der Waals surface area contributed by atoms with Gasteiger partial charge in [0.05, 0.1) is 6.61 Å². The van der Waals surface area contributed by atoms with Gasteiger partial charge in [0.1, 0.15) is 11.2 Å². The zero-order chi connectivity index (χ0) is 13.4. The van der Waals surface area contributed by atoms with Crippen LogP contribution in [0, 0.1) is 16.6 Å². The SMILES string of the molecule is CCOc1ccc(CC)cc1CC(C)CSC#N. The molecule has 98 valence electrons. The van der Waals surface area contributed by atoms with Crippen LogP contribution in [0.25, 0.3) is 0 Å². The molecule has 1 rings (SSSR count). The standard InChI is InChI=1S/C15H21NOS/c1-4-13-6-7-15(17-5-2)14(9-13)8-12(3)10-18-11-16/h6-7,9,12H,4-5,8,10H2,1-3H3. The van der Waals surface area contributed by atoms with Crippen molar-refractivity contribution in [3.63, 3.8) is 0 Å². The summed E-state index contributed by atoms with van der Waals surface area (Å²) in [6.45, 7) is 7.04. The van der Waals surface area contributed by atoms with Crippen LogP contribution in [0.1, 0.15) is 31.9 Å². The molecular formula is C15H21NOS. The van der Waals surface area contributed by atoms with E-state index < -0.39 is 0 Å². The summed E-state index contributed by atoms with van der Waals surface area (Å²) in [5.74, 6) is 2.35. The molecule has 0 heterocycles. The summed E-state index contributed by atoms with van der Waals surface area (Å²) in [5.41, 5.74) is 2.61. The number of ether oxygens (including phenoxy) is 1. The fourth-order valence-corrected chi connectivity index (χ4v) is 2.40. The van der Waals surface area contributed by atoms with E-state index in [-0.39, 0.29) is 0 Å². The second kappa shape index (κ2) is 8.05. The first-order valence-electron chi connectivity index (χ1n) is 6.46. The largest absolute Gasteiger partial charge is 0.494 e. The average Bonchev–Trinajstić information content (AvgIpc) is 2.38. The van der Waals surface area contributed by atoms with Crippen LogP contribution in [0.2, 0.25) is 0 Å². The third kappa shape index (κ3) is 4.62. The lowest BCUT2D eigenvalue weighted by Crippen LogP contribution is -2.05. The highest BCUT2D eigenvalue weighted by atomic mass is 32.2. The maximum Gasteiger partial charge on any atom is 0.133 e. The van der Waals surface area contributed by atoms with E-state index in [1.165, 1.54) is 22.9 Å². The smallest absolute Gasteiger partial charge is 0.133 e. The third-order valence-electron chi connectivity index (χ3n) is 2.83. The van der Waals surface area contributed by atoms with Crippen molar-refractivity contribution in [3.05, 3.63) is 29.3 Å². The zero-order valence-electron chi connectivity index (χ0n) is 11.4. The zero-order valence-corrected chi connectivity index (χ0v) is 12.2. The van der Waals surface area contributed by atoms with Crippen LogP contribution in [-0.4, -0.2) is 12.4 Å². The van der Waals surface area contributed by atoms with Crippen molar-refractivity contribution in [1.82, 2.24) is 0 Å². The maximum atomic E-state index is 8.59. The Kier molecular flexibility index (Phi) is 6.67. The minimum atomic E-state index is 0.487. The minimum absolute atomic E-state index is 0.487. The summed E-state index contributed by atoms with van der Waals surface area (Å²) < 4.78 is 5.67. The Morgan fingerprint density at radius 2 is 2.17 bits per heavy atom. The summed E-state index contributed by atoms with van der Waals surface area (Å²) in [4.78, 5) is 0. The van der Waals surface area contributed by atoms with Crippen LogP contribution in [0.4, 0.5) is 0 Å². The lowest BCUT2D eigenvalue weighted by Gasteiger charge is -2.15. The van der Waals surface area contributed by atoms with Crippen LogP contribution in [0.3, 0.4) is 0 Å². The van der Waals surface area contributed by atoms with E-state index in [4.69, 9.17) is 10.00 Å². The highest BCUT2D eigenvalue weighted by Gasteiger charge is 2.10. The number of nitrogens with zero attached hydrogens (tertiary/aromatic N) is 1. The number of aryl methyl sites for hydroxylation is 1. The van der Waals surface area contributed by atoms with Crippen LogP contribution >= 0.6 is 11.8 Å². The van der Waals surface area contributed by atoms with E-state index in [9.17, 15) is 0 Å². The van der Waals surface area contributed by atoms with Gasteiger partial charge in [0, 0.05) is 5.75 Å². The fourth-order valence-electron chi connectivity index (χ4n) is 1.92. The van der Waals surface area contributed by atoms with Gasteiger partial charge < -0.3 is 4.74 Å². The predicted octanol–water partition coefficient (Wildman–Crippen LogP) is 4.04. The van der Waals surface area contributed by atoms with Gasteiger partial charge in [-0.1, -0.05) is 26.0 Å². The van der Waals surface area contributed by atoms with Crippen molar-refractivity contribution in [2.45, 2.75) is 33.6 Å². The number of benzene rings is 1. The van der Waals surface area contributed by atoms with Crippen molar-refractivity contribution < 1.29 is 4.74 Å². The molecule has 0 fully saturated rings. The summed E-state index contributed by atoms with van der Waals surface area (Å²) in [7, 11) is 0. The van der Waals surface area contributed by atoms with Gasteiger partial charge in [-0.3, -0.25) is 0 Å². The molecule has 0 N–H and O–H groups in total. The van der Waals surface area contributed by atoms with Crippen molar-refractivity contribution >= 4 is 11.8 Å². The van der Waals surface area contributed by atoms with E-state index in [2.05, 4.69) is 37.4 Å². The molecule has 0 amide bonds.